The van der Waals surface area contributed by atoms with Crippen LogP contribution in [0.15, 0.2) is 9.59 Å². The molecule has 2 aromatic heterocycles. The predicted molar refractivity (Wildman–Crippen MR) is 87.5 cm³/mol. The van der Waals surface area contributed by atoms with Crippen LogP contribution >= 0.6 is 0 Å². The smallest absolute Gasteiger partial charge is 0.267 e. The summed E-state index contributed by atoms with van der Waals surface area (Å²) in [6, 6.07) is 0. The van der Waals surface area contributed by atoms with Gasteiger partial charge in [0.15, 0.2) is 0 Å². The molecule has 3 N–H and O–H groups in total. The minimum atomic E-state index is 0.0731. The van der Waals surface area contributed by atoms with E-state index in [1.165, 1.54) is 0 Å². The second-order valence-electron chi connectivity index (χ2n) is 6.26. The number of fused-ring (bicyclic) bond motifs is 2. The molecule has 0 saturated carbocycles. The van der Waals surface area contributed by atoms with E-state index in [9.17, 15) is 9.59 Å². The van der Waals surface area contributed by atoms with Gasteiger partial charge < -0.3 is 10.2 Å². The van der Waals surface area contributed by atoms with E-state index < -0.39 is 0 Å². The molecular formula is C15H24N6O2. The summed E-state index contributed by atoms with van der Waals surface area (Å²) < 4.78 is 3.62. The first-order valence-corrected chi connectivity index (χ1v) is 7.90. The van der Waals surface area contributed by atoms with Gasteiger partial charge in [0, 0.05) is 44.9 Å². The standard InChI is InChI=1S/C8H13N3O.C7H11N3O/c1-10-4-3-6-7(5-10)11(2)9-8(6)12;1-10-6-4-8-3-2-5(6)7(11)9-10/h3-5H2,1-2H3,(H,9,12);8H,2-4H2,1H3,(H,9,11). The molecule has 0 amide bonds. The van der Waals surface area contributed by atoms with Gasteiger partial charge in [-0.2, -0.15) is 0 Å². The van der Waals surface area contributed by atoms with Crippen LogP contribution in [0.25, 0.3) is 0 Å². The maximum Gasteiger partial charge on any atom is 0.267 e. The molecule has 2 aromatic rings. The van der Waals surface area contributed by atoms with Crippen LogP contribution in [0.3, 0.4) is 0 Å². The van der Waals surface area contributed by atoms with Crippen molar-refractivity contribution in [3.63, 3.8) is 0 Å². The maximum atomic E-state index is 11.3. The molecule has 2 aliphatic heterocycles. The highest BCUT2D eigenvalue weighted by molar-refractivity contribution is 5.21. The molecular weight excluding hydrogens is 296 g/mol. The molecule has 0 aliphatic carbocycles. The van der Waals surface area contributed by atoms with Crippen LogP contribution in [0.5, 0.6) is 0 Å². The zero-order valence-corrected chi connectivity index (χ0v) is 13.9. The Bertz CT molecular complexity index is 809. The van der Waals surface area contributed by atoms with Gasteiger partial charge in [0.25, 0.3) is 11.1 Å². The lowest BCUT2D eigenvalue weighted by Gasteiger charge is -2.22. The van der Waals surface area contributed by atoms with Gasteiger partial charge >= 0.3 is 0 Å². The summed E-state index contributed by atoms with van der Waals surface area (Å²) >= 11 is 0. The summed E-state index contributed by atoms with van der Waals surface area (Å²) in [6.45, 7) is 3.59. The average Bonchev–Trinajstić information content (AvgIpc) is 2.97. The van der Waals surface area contributed by atoms with E-state index in [-0.39, 0.29) is 11.1 Å². The minimum Gasteiger partial charge on any atom is -0.311 e. The molecule has 0 unspecified atom stereocenters. The maximum absolute atomic E-state index is 11.3. The number of aromatic nitrogens is 4. The summed E-state index contributed by atoms with van der Waals surface area (Å²) in [4.78, 5) is 24.7. The highest BCUT2D eigenvalue weighted by Gasteiger charge is 2.19. The van der Waals surface area contributed by atoms with Crippen LogP contribution in [-0.2, 0) is 40.0 Å². The Morgan fingerprint density at radius 3 is 2.13 bits per heavy atom. The molecule has 0 fully saturated rings. The molecule has 2 aliphatic rings. The fourth-order valence-corrected chi connectivity index (χ4v) is 3.24. The molecule has 0 bridgehead atoms. The van der Waals surface area contributed by atoms with Crippen LogP contribution < -0.4 is 16.4 Å². The van der Waals surface area contributed by atoms with Gasteiger partial charge in [-0.25, -0.2) is 0 Å². The monoisotopic (exact) mass is 320 g/mol. The number of aromatic amines is 2. The quantitative estimate of drug-likeness (QED) is 0.584. The van der Waals surface area contributed by atoms with Gasteiger partial charge in [0.2, 0.25) is 0 Å². The van der Waals surface area contributed by atoms with Gasteiger partial charge in [-0.1, -0.05) is 0 Å². The van der Waals surface area contributed by atoms with Gasteiger partial charge in [0.05, 0.1) is 11.4 Å². The third-order valence-corrected chi connectivity index (χ3v) is 4.60. The number of H-pyrrole nitrogens is 2. The SMILES string of the molecule is CN1CCc2c(n(C)[nH]c2=O)C1.Cn1[nH]c(=O)c2c1CNCC2. The van der Waals surface area contributed by atoms with Crippen molar-refractivity contribution in [2.45, 2.75) is 25.9 Å². The molecule has 8 heteroatoms. The Morgan fingerprint density at radius 2 is 1.48 bits per heavy atom. The van der Waals surface area contributed by atoms with Crippen molar-refractivity contribution in [1.82, 2.24) is 29.8 Å². The average molecular weight is 320 g/mol. The number of likely N-dealkylation sites (N-methyl/N-ethyl adjacent to an activating group) is 1. The first-order valence-electron chi connectivity index (χ1n) is 7.90. The Balaban J connectivity index is 0.000000136. The largest absolute Gasteiger partial charge is 0.311 e. The zero-order valence-electron chi connectivity index (χ0n) is 13.9. The first-order chi connectivity index (χ1) is 11.0. The molecule has 0 spiro atoms. The highest BCUT2D eigenvalue weighted by atomic mass is 16.1. The lowest BCUT2D eigenvalue weighted by Crippen LogP contribution is -2.28. The third kappa shape index (κ3) is 3.04. The Hall–Kier alpha value is -2.06. The lowest BCUT2D eigenvalue weighted by atomic mass is 10.1. The molecule has 0 saturated heterocycles. The van der Waals surface area contributed by atoms with Crippen LogP contribution in [-0.4, -0.2) is 44.6 Å². The number of aryl methyl sites for hydroxylation is 2. The predicted octanol–water partition coefficient (Wildman–Crippen LogP) is -0.940. The van der Waals surface area contributed by atoms with Crippen LogP contribution in [0.2, 0.25) is 0 Å². The van der Waals surface area contributed by atoms with E-state index in [1.807, 2.05) is 18.8 Å². The molecule has 8 nitrogen and oxygen atoms in total. The Morgan fingerprint density at radius 1 is 0.870 bits per heavy atom. The molecule has 23 heavy (non-hydrogen) atoms. The summed E-state index contributed by atoms with van der Waals surface area (Å²) in [5.74, 6) is 0. The van der Waals surface area contributed by atoms with Crippen molar-refractivity contribution in [1.29, 1.82) is 0 Å². The van der Waals surface area contributed by atoms with Crippen molar-refractivity contribution < 1.29 is 0 Å². The second-order valence-corrected chi connectivity index (χ2v) is 6.26. The molecule has 126 valence electrons. The van der Waals surface area contributed by atoms with Crippen molar-refractivity contribution in [2.24, 2.45) is 14.1 Å². The Kier molecular flexibility index (Phi) is 4.27. The Labute approximate surface area is 134 Å². The van der Waals surface area contributed by atoms with E-state index in [4.69, 9.17) is 0 Å². The van der Waals surface area contributed by atoms with Crippen LogP contribution in [0.1, 0.15) is 22.5 Å². The van der Waals surface area contributed by atoms with Gasteiger partial charge in [-0.05, 0) is 26.4 Å². The topological polar surface area (TPSA) is 90.8 Å². The normalized spacial score (nSPS) is 17.2. The molecule has 0 aromatic carbocycles. The number of nitrogens with zero attached hydrogens (tertiary/aromatic N) is 3. The minimum absolute atomic E-state index is 0.0731. The van der Waals surface area contributed by atoms with E-state index in [1.54, 1.807) is 4.68 Å². The fraction of sp³-hybridized carbons (Fsp3) is 0.600. The number of nitrogens with one attached hydrogen (secondary N) is 3. The van der Waals surface area contributed by atoms with E-state index in [2.05, 4.69) is 27.5 Å². The van der Waals surface area contributed by atoms with Gasteiger partial charge in [0.1, 0.15) is 0 Å². The van der Waals surface area contributed by atoms with Crippen molar-refractivity contribution in [3.8, 4) is 0 Å². The lowest BCUT2D eigenvalue weighted by molar-refractivity contribution is 0.303. The number of hydrogen-bond acceptors (Lipinski definition) is 4. The van der Waals surface area contributed by atoms with E-state index in [0.29, 0.717) is 0 Å². The molecule has 4 rings (SSSR count). The van der Waals surface area contributed by atoms with Crippen molar-refractivity contribution >= 4 is 0 Å². The summed E-state index contributed by atoms with van der Waals surface area (Å²) in [5, 5.41) is 8.73. The molecule has 0 atom stereocenters. The zero-order chi connectivity index (χ0) is 16.6. The second kappa shape index (κ2) is 6.21. The van der Waals surface area contributed by atoms with Crippen molar-refractivity contribution in [3.05, 3.63) is 43.2 Å². The van der Waals surface area contributed by atoms with Crippen LogP contribution in [0, 0.1) is 0 Å². The van der Waals surface area contributed by atoms with Crippen LogP contribution in [0.4, 0.5) is 0 Å². The van der Waals surface area contributed by atoms with Crippen molar-refractivity contribution in [2.75, 3.05) is 20.1 Å². The third-order valence-electron chi connectivity index (χ3n) is 4.60. The molecule has 0 radical (unpaired) electrons. The number of hydrogen-bond donors (Lipinski definition) is 3. The van der Waals surface area contributed by atoms with E-state index >= 15 is 0 Å². The fourth-order valence-electron chi connectivity index (χ4n) is 3.24. The summed E-state index contributed by atoms with van der Waals surface area (Å²) in [7, 11) is 5.83. The van der Waals surface area contributed by atoms with E-state index in [0.717, 1.165) is 61.5 Å². The number of rotatable bonds is 0. The van der Waals surface area contributed by atoms with Gasteiger partial charge in [-0.15, -0.1) is 0 Å². The first kappa shape index (κ1) is 15.8. The summed E-state index contributed by atoms with van der Waals surface area (Å²) in [6.07, 6.45) is 1.73. The molecule has 4 heterocycles. The summed E-state index contributed by atoms with van der Waals surface area (Å²) in [5.41, 5.74) is 4.31. The van der Waals surface area contributed by atoms with Gasteiger partial charge in [-0.3, -0.25) is 29.2 Å². The highest BCUT2D eigenvalue weighted by Crippen LogP contribution is 2.12.